The molecule has 0 atom stereocenters. The fraction of sp³-hybridized carbons (Fsp3) is 0.278. The number of thiazole rings is 1. The summed E-state index contributed by atoms with van der Waals surface area (Å²) in [6.07, 6.45) is 0.853. The average Bonchev–Trinajstić information content (AvgIpc) is 3.04. The molecule has 124 valence electrons. The van der Waals surface area contributed by atoms with Crippen LogP contribution >= 0.6 is 11.3 Å². The van der Waals surface area contributed by atoms with E-state index in [1.54, 1.807) is 18.4 Å². The molecule has 0 saturated carbocycles. The van der Waals surface area contributed by atoms with Gasteiger partial charge in [0, 0.05) is 42.8 Å². The van der Waals surface area contributed by atoms with Crippen LogP contribution < -0.4 is 5.32 Å². The second-order valence-electron chi connectivity index (χ2n) is 5.43. The van der Waals surface area contributed by atoms with Crippen LogP contribution in [0.2, 0.25) is 0 Å². The summed E-state index contributed by atoms with van der Waals surface area (Å²) < 4.78 is 5.10. The molecule has 6 heteroatoms. The van der Waals surface area contributed by atoms with Crippen LogP contribution in [0, 0.1) is 6.92 Å². The molecule has 1 aromatic carbocycles. The molecule has 0 radical (unpaired) electrons. The van der Waals surface area contributed by atoms with Gasteiger partial charge in [0.05, 0.1) is 5.69 Å². The summed E-state index contributed by atoms with van der Waals surface area (Å²) in [6, 6.07) is 12.2. The van der Waals surface area contributed by atoms with Gasteiger partial charge in [-0.1, -0.05) is 30.3 Å². The Bertz CT molecular complexity index is 789. The molecule has 0 fully saturated rings. The molecule has 0 spiro atoms. The van der Waals surface area contributed by atoms with Crippen LogP contribution in [0.5, 0.6) is 0 Å². The van der Waals surface area contributed by atoms with Crippen molar-refractivity contribution >= 4 is 17.2 Å². The van der Waals surface area contributed by atoms with E-state index in [2.05, 4.69) is 32.8 Å². The van der Waals surface area contributed by atoms with Crippen molar-refractivity contribution in [2.75, 3.05) is 19.0 Å². The maximum Gasteiger partial charge on any atom is 0.156 e. The van der Waals surface area contributed by atoms with Crippen LogP contribution in [0.3, 0.4) is 0 Å². The van der Waals surface area contributed by atoms with Gasteiger partial charge in [-0.15, -0.1) is 11.3 Å². The van der Waals surface area contributed by atoms with Crippen molar-refractivity contribution in [3.63, 3.8) is 0 Å². The summed E-state index contributed by atoms with van der Waals surface area (Å²) in [4.78, 5) is 13.5. The van der Waals surface area contributed by atoms with Crippen LogP contribution in [0.25, 0.3) is 10.6 Å². The first-order chi connectivity index (χ1) is 11.7. The quantitative estimate of drug-likeness (QED) is 0.710. The highest BCUT2D eigenvalue weighted by molar-refractivity contribution is 7.13. The molecule has 0 aliphatic rings. The highest BCUT2D eigenvalue weighted by Crippen LogP contribution is 2.23. The zero-order valence-electron chi connectivity index (χ0n) is 13.8. The van der Waals surface area contributed by atoms with E-state index in [9.17, 15) is 0 Å². The standard InChI is InChI=1S/C18H20N4OS/c1-13-10-16(22-17(20-13)11-23-2)19-9-8-15-12-24-18(21-15)14-6-4-3-5-7-14/h3-7,10,12H,8-9,11H2,1-2H3,(H,19,20,22). The highest BCUT2D eigenvalue weighted by atomic mass is 32.1. The van der Waals surface area contributed by atoms with Gasteiger partial charge in [0.2, 0.25) is 0 Å². The molecule has 0 aliphatic heterocycles. The monoisotopic (exact) mass is 340 g/mol. The first kappa shape index (κ1) is 16.5. The maximum atomic E-state index is 5.10. The lowest BCUT2D eigenvalue weighted by Gasteiger charge is -2.07. The van der Waals surface area contributed by atoms with Gasteiger partial charge in [-0.3, -0.25) is 0 Å². The molecule has 2 heterocycles. The Morgan fingerprint density at radius 1 is 1.12 bits per heavy atom. The van der Waals surface area contributed by atoms with Crippen LogP contribution in [-0.4, -0.2) is 28.6 Å². The number of hydrogen-bond donors (Lipinski definition) is 1. The molecule has 24 heavy (non-hydrogen) atoms. The molecule has 5 nitrogen and oxygen atoms in total. The van der Waals surface area contributed by atoms with Crippen molar-refractivity contribution in [2.24, 2.45) is 0 Å². The van der Waals surface area contributed by atoms with E-state index in [1.807, 2.05) is 31.2 Å². The predicted octanol–water partition coefficient (Wildman–Crippen LogP) is 3.71. The summed E-state index contributed by atoms with van der Waals surface area (Å²) in [7, 11) is 1.64. The van der Waals surface area contributed by atoms with Gasteiger partial charge in [-0.05, 0) is 6.92 Å². The Kier molecular flexibility index (Phi) is 5.51. The number of hydrogen-bond acceptors (Lipinski definition) is 6. The molecule has 0 bridgehead atoms. The second kappa shape index (κ2) is 7.99. The minimum Gasteiger partial charge on any atom is -0.377 e. The van der Waals surface area contributed by atoms with Crippen LogP contribution in [0.4, 0.5) is 5.82 Å². The van der Waals surface area contributed by atoms with Gasteiger partial charge in [-0.2, -0.15) is 0 Å². The van der Waals surface area contributed by atoms with Gasteiger partial charge in [0.15, 0.2) is 5.82 Å². The van der Waals surface area contributed by atoms with Crippen LogP contribution in [-0.2, 0) is 17.8 Å². The van der Waals surface area contributed by atoms with E-state index in [1.165, 1.54) is 0 Å². The molecule has 1 N–H and O–H groups in total. The smallest absolute Gasteiger partial charge is 0.156 e. The van der Waals surface area contributed by atoms with Crippen molar-refractivity contribution in [2.45, 2.75) is 20.0 Å². The number of nitrogens with one attached hydrogen (secondary N) is 1. The van der Waals surface area contributed by atoms with Crippen molar-refractivity contribution in [1.82, 2.24) is 15.0 Å². The summed E-state index contributed by atoms with van der Waals surface area (Å²) in [5.74, 6) is 1.52. The number of aryl methyl sites for hydroxylation is 1. The molecule has 0 amide bonds. The van der Waals surface area contributed by atoms with Crippen molar-refractivity contribution in [3.05, 3.63) is 59.0 Å². The SMILES string of the molecule is COCc1nc(C)cc(NCCc2csc(-c3ccccc3)n2)n1. The molecule has 2 aromatic heterocycles. The number of aromatic nitrogens is 3. The number of benzene rings is 1. The van der Waals surface area contributed by atoms with Crippen molar-refractivity contribution in [3.8, 4) is 10.6 Å². The first-order valence-electron chi connectivity index (χ1n) is 7.82. The van der Waals surface area contributed by atoms with Gasteiger partial charge in [0.25, 0.3) is 0 Å². The number of anilines is 1. The van der Waals surface area contributed by atoms with Crippen LogP contribution in [0.15, 0.2) is 41.8 Å². The van der Waals surface area contributed by atoms with Crippen molar-refractivity contribution in [1.29, 1.82) is 0 Å². The normalized spacial score (nSPS) is 10.8. The Morgan fingerprint density at radius 2 is 1.96 bits per heavy atom. The minimum absolute atomic E-state index is 0.420. The fourth-order valence-corrected chi connectivity index (χ4v) is 3.23. The molecular weight excluding hydrogens is 320 g/mol. The Labute approximate surface area is 145 Å². The summed E-state index contributed by atoms with van der Waals surface area (Å²) in [5.41, 5.74) is 3.19. The van der Waals surface area contributed by atoms with E-state index in [-0.39, 0.29) is 0 Å². The minimum atomic E-state index is 0.420. The number of nitrogens with zero attached hydrogens (tertiary/aromatic N) is 3. The third-order valence-electron chi connectivity index (χ3n) is 3.43. The Hall–Kier alpha value is -2.31. The molecule has 3 rings (SSSR count). The van der Waals surface area contributed by atoms with E-state index < -0.39 is 0 Å². The summed E-state index contributed by atoms with van der Waals surface area (Å²) in [5, 5.41) is 6.52. The Morgan fingerprint density at radius 3 is 2.75 bits per heavy atom. The zero-order chi connectivity index (χ0) is 16.8. The lowest BCUT2D eigenvalue weighted by molar-refractivity contribution is 0.177. The van der Waals surface area contributed by atoms with E-state index >= 15 is 0 Å². The average molecular weight is 340 g/mol. The maximum absolute atomic E-state index is 5.10. The lowest BCUT2D eigenvalue weighted by Crippen LogP contribution is -2.09. The summed E-state index contributed by atoms with van der Waals surface area (Å²) >= 11 is 1.68. The Balaban J connectivity index is 1.58. The first-order valence-corrected chi connectivity index (χ1v) is 8.70. The largest absolute Gasteiger partial charge is 0.377 e. The van der Waals surface area contributed by atoms with Gasteiger partial charge >= 0.3 is 0 Å². The van der Waals surface area contributed by atoms with Gasteiger partial charge in [0.1, 0.15) is 17.4 Å². The predicted molar refractivity (Wildman–Crippen MR) is 97.2 cm³/mol. The molecule has 3 aromatic rings. The molecule has 0 unspecified atom stereocenters. The fourth-order valence-electron chi connectivity index (χ4n) is 2.37. The van der Waals surface area contributed by atoms with E-state index in [0.717, 1.165) is 40.7 Å². The molecule has 0 aliphatic carbocycles. The van der Waals surface area contributed by atoms with Gasteiger partial charge in [-0.25, -0.2) is 15.0 Å². The van der Waals surface area contributed by atoms with E-state index in [4.69, 9.17) is 9.72 Å². The van der Waals surface area contributed by atoms with Gasteiger partial charge < -0.3 is 10.1 Å². The number of rotatable bonds is 7. The lowest BCUT2D eigenvalue weighted by atomic mass is 10.2. The molecule has 0 saturated heterocycles. The molecular formula is C18H20N4OS. The third-order valence-corrected chi connectivity index (χ3v) is 4.37. The van der Waals surface area contributed by atoms with Crippen LogP contribution in [0.1, 0.15) is 17.2 Å². The second-order valence-corrected chi connectivity index (χ2v) is 6.29. The third kappa shape index (κ3) is 4.37. The number of ether oxygens (including phenoxy) is 1. The highest BCUT2D eigenvalue weighted by Gasteiger charge is 2.05. The topological polar surface area (TPSA) is 59.9 Å². The number of methoxy groups -OCH3 is 1. The summed E-state index contributed by atoms with van der Waals surface area (Å²) in [6.45, 7) is 3.16. The van der Waals surface area contributed by atoms with Crippen molar-refractivity contribution < 1.29 is 4.74 Å². The zero-order valence-corrected chi connectivity index (χ0v) is 14.6. The van der Waals surface area contributed by atoms with E-state index in [0.29, 0.717) is 12.4 Å².